The number of nitrogens with zero attached hydrogens (tertiary/aromatic N) is 3. The summed E-state index contributed by atoms with van der Waals surface area (Å²) in [6.45, 7) is 1.90. The van der Waals surface area contributed by atoms with Gasteiger partial charge in [0.2, 0.25) is 5.91 Å². The Morgan fingerprint density at radius 2 is 1.34 bits per heavy atom. The number of morpholine rings is 1. The van der Waals surface area contributed by atoms with Gasteiger partial charge in [0.05, 0.1) is 49.4 Å². The number of rotatable bonds is 20. The van der Waals surface area contributed by atoms with Crippen molar-refractivity contribution >= 4 is 41.6 Å². The van der Waals surface area contributed by atoms with Crippen molar-refractivity contribution in [2.75, 3.05) is 38.8 Å². The zero-order valence-corrected chi connectivity index (χ0v) is 42.9. The van der Waals surface area contributed by atoms with Crippen LogP contribution in [0.3, 0.4) is 0 Å². The molecule has 7 N–H and O–H groups in total. The number of alkyl carbamates (subject to hydrolysis) is 2. The molecule has 27 heteroatoms. The summed E-state index contributed by atoms with van der Waals surface area (Å²) in [6, 6.07) is 3.85. The van der Waals surface area contributed by atoms with Crippen LogP contribution in [0.1, 0.15) is 69.4 Å². The number of hydrogen-bond donors (Lipinski definition) is 7. The maximum Gasteiger partial charge on any atom is 0.407 e. The SMILES string of the molecule is COC(=O)N[C@H](C(=O)N[C@@H](Cc1ccc(C#Cc2ccc(N3C[C@@H](C)O[C@@H](C)C3)nc2)cc1)[C@@H](O)CN(Cc1c(F)cc(/C(C=N)=C/NC(F)F)cc1F)NC(=O)[C@@H](NC(=O)OC)C(C)(C)C(F)(F)F)C(C)(C)C(F)(F)F. The Morgan fingerprint density at radius 3 is 1.81 bits per heavy atom. The number of ether oxygens (including phenoxy) is 3. The average molecular weight is 1100 g/mol. The number of pyridine rings is 1. The van der Waals surface area contributed by atoms with E-state index in [2.05, 4.69) is 36.5 Å². The molecule has 0 radical (unpaired) electrons. The van der Waals surface area contributed by atoms with Crippen molar-refractivity contribution in [2.45, 2.75) is 110 Å². The first-order valence-corrected chi connectivity index (χ1v) is 23.4. The van der Waals surface area contributed by atoms with Gasteiger partial charge in [-0.2, -0.15) is 35.1 Å². The predicted molar refractivity (Wildman–Crippen MR) is 260 cm³/mol. The highest BCUT2D eigenvalue weighted by Crippen LogP contribution is 2.42. The van der Waals surface area contributed by atoms with Crippen molar-refractivity contribution in [3.05, 3.63) is 100 Å². The van der Waals surface area contributed by atoms with E-state index in [9.17, 15) is 59.4 Å². The number of alkyl halides is 8. The summed E-state index contributed by atoms with van der Waals surface area (Å²) >= 11 is 0. The van der Waals surface area contributed by atoms with Crippen LogP contribution in [-0.2, 0) is 36.8 Å². The second kappa shape index (κ2) is 26.2. The van der Waals surface area contributed by atoms with Crippen LogP contribution in [0.2, 0.25) is 0 Å². The molecule has 4 rings (SSSR count). The fourth-order valence-electron chi connectivity index (χ4n) is 7.71. The maximum atomic E-state index is 16.0. The van der Waals surface area contributed by atoms with Crippen LogP contribution in [0.5, 0.6) is 0 Å². The van der Waals surface area contributed by atoms with Crippen molar-refractivity contribution in [3.8, 4) is 11.8 Å². The number of amides is 4. The molecule has 0 bridgehead atoms. The predicted octanol–water partition coefficient (Wildman–Crippen LogP) is 6.72. The summed E-state index contributed by atoms with van der Waals surface area (Å²) < 4.78 is 159. The number of nitrogens with one attached hydrogen (secondary N) is 6. The van der Waals surface area contributed by atoms with Crippen LogP contribution >= 0.6 is 0 Å². The molecule has 1 saturated heterocycles. The van der Waals surface area contributed by atoms with Crippen LogP contribution in [-0.4, -0.2) is 135 Å². The molecule has 6 atom stereocenters. The molecular weight excluding hydrogens is 1040 g/mol. The van der Waals surface area contributed by atoms with Crippen LogP contribution in [0, 0.1) is 39.7 Å². The molecule has 3 aromatic rings. The number of aliphatic hydroxyl groups excluding tert-OH is 1. The third-order valence-electron chi connectivity index (χ3n) is 12.4. The monoisotopic (exact) mass is 1100 g/mol. The molecule has 1 aromatic heterocycles. The maximum absolute atomic E-state index is 16.0. The smallest absolute Gasteiger partial charge is 0.407 e. The number of benzene rings is 2. The number of aliphatic hydroxyl groups is 1. The lowest BCUT2D eigenvalue weighted by Gasteiger charge is -2.38. The van der Waals surface area contributed by atoms with Gasteiger partial charge in [-0.3, -0.25) is 15.0 Å². The van der Waals surface area contributed by atoms with Gasteiger partial charge in [0, 0.05) is 67.1 Å². The van der Waals surface area contributed by atoms with E-state index >= 15 is 8.78 Å². The number of halogens is 10. The number of hydrazine groups is 1. The molecule has 422 valence electrons. The van der Waals surface area contributed by atoms with E-state index in [1.54, 1.807) is 22.9 Å². The summed E-state index contributed by atoms with van der Waals surface area (Å²) in [5.41, 5.74) is -4.85. The highest BCUT2D eigenvalue weighted by atomic mass is 19.4. The molecule has 2 aromatic carbocycles. The number of hydrogen-bond acceptors (Lipinski definition) is 13. The Bertz CT molecular complexity index is 2610. The summed E-state index contributed by atoms with van der Waals surface area (Å²) in [5.74, 6) is 0.423. The first-order valence-electron chi connectivity index (χ1n) is 23.4. The first-order chi connectivity index (χ1) is 35.8. The van der Waals surface area contributed by atoms with Crippen LogP contribution in [0.25, 0.3) is 5.57 Å². The lowest BCUT2D eigenvalue weighted by molar-refractivity contribution is -0.221. The summed E-state index contributed by atoms with van der Waals surface area (Å²) in [7, 11) is 1.58. The third-order valence-corrected chi connectivity index (χ3v) is 12.4. The molecule has 2 heterocycles. The van der Waals surface area contributed by atoms with E-state index in [-0.39, 0.29) is 17.8 Å². The number of anilines is 1. The lowest BCUT2D eigenvalue weighted by Crippen LogP contribution is -2.63. The van der Waals surface area contributed by atoms with Gasteiger partial charge in [0.1, 0.15) is 29.5 Å². The largest absolute Gasteiger partial charge is 0.453 e. The molecule has 0 aliphatic carbocycles. The highest BCUT2D eigenvalue weighted by Gasteiger charge is 2.57. The summed E-state index contributed by atoms with van der Waals surface area (Å²) in [4.78, 5) is 59.3. The number of allylic oxidation sites excluding steroid dienone is 1. The van der Waals surface area contributed by atoms with E-state index in [1.807, 2.05) is 30.7 Å². The van der Waals surface area contributed by atoms with Crippen molar-refractivity contribution in [1.29, 1.82) is 5.41 Å². The Morgan fingerprint density at radius 1 is 0.831 bits per heavy atom. The Balaban J connectivity index is 1.79. The Kier molecular flexibility index (Phi) is 21.3. The van der Waals surface area contributed by atoms with Gasteiger partial charge in [-0.1, -0.05) is 24.0 Å². The normalized spacial score (nSPS) is 17.0. The first kappa shape index (κ1) is 62.4. The fourth-order valence-corrected chi connectivity index (χ4v) is 7.71. The van der Waals surface area contributed by atoms with Gasteiger partial charge in [0.25, 0.3) is 5.91 Å². The molecule has 1 aliphatic heterocycles. The molecule has 1 fully saturated rings. The quantitative estimate of drug-likeness (QED) is 0.0206. The van der Waals surface area contributed by atoms with Crippen LogP contribution in [0.4, 0.5) is 59.3 Å². The second-order valence-corrected chi connectivity index (χ2v) is 19.0. The van der Waals surface area contributed by atoms with Gasteiger partial charge < -0.3 is 50.9 Å². The standard InChI is InChI=1S/C50H59F10N9O8/c1-27-23-68(24-28(2)77-27)39-16-15-31(21-62-39)14-11-29-9-12-30(13-10-29)17-37(64-42(71)40(65-45(73)75-7)47(3,4)49(55,56)57)38(70)26-69(67-43(72)41(66-46(74)76-8)48(5,6)50(58,59)60)25-34-35(51)18-32(19-36(34)52)33(20-61)22-63-44(53)54/h9-10,12-13,15-16,18-22,27-28,37-38,40-41,44,61,63,70H,17,23-26H2,1-8H3,(H,64,71)(H,65,73)(H,66,74)(H,67,72)/b33-22+,61-20?/t27-,28+,37-,38-,40+,41+/m0/s1. The number of carbonyl (C=O) groups excluding carboxylic acids is 4. The van der Waals surface area contributed by atoms with Gasteiger partial charge in [-0.25, -0.2) is 28.4 Å². The average Bonchev–Trinajstić information content (AvgIpc) is 3.34. The molecule has 0 saturated carbocycles. The molecule has 4 amide bonds. The van der Waals surface area contributed by atoms with Gasteiger partial charge in [-0.15, -0.1) is 0 Å². The summed E-state index contributed by atoms with van der Waals surface area (Å²) in [6.07, 6.45) is -13.5. The van der Waals surface area contributed by atoms with E-state index < -0.39 is 126 Å². The third kappa shape index (κ3) is 16.9. The second-order valence-electron chi connectivity index (χ2n) is 19.0. The molecule has 17 nitrogen and oxygen atoms in total. The van der Waals surface area contributed by atoms with Crippen molar-refractivity contribution in [2.24, 2.45) is 10.8 Å². The number of carbonyl (C=O) groups is 4. The van der Waals surface area contributed by atoms with Gasteiger partial charge in [-0.05, 0) is 95.5 Å². The highest BCUT2D eigenvalue weighted by molar-refractivity contribution is 6.08. The zero-order valence-electron chi connectivity index (χ0n) is 42.9. The molecule has 0 spiro atoms. The van der Waals surface area contributed by atoms with Crippen LogP contribution in [0.15, 0.2) is 60.9 Å². The topological polar surface area (TPSA) is 220 Å². The van der Waals surface area contributed by atoms with E-state index in [0.29, 0.717) is 81.5 Å². The molecule has 1 aliphatic rings. The molecule has 0 unspecified atom stereocenters. The van der Waals surface area contributed by atoms with Crippen LogP contribution < -0.4 is 31.6 Å². The minimum Gasteiger partial charge on any atom is -0.453 e. The van der Waals surface area contributed by atoms with Crippen molar-refractivity contribution in [3.63, 3.8) is 0 Å². The van der Waals surface area contributed by atoms with E-state index in [0.717, 1.165) is 20.0 Å². The summed E-state index contributed by atoms with van der Waals surface area (Å²) in [5, 5.41) is 27.4. The lowest BCUT2D eigenvalue weighted by atomic mass is 9.82. The van der Waals surface area contributed by atoms with Gasteiger partial charge >= 0.3 is 31.1 Å². The van der Waals surface area contributed by atoms with Crippen molar-refractivity contribution in [1.82, 2.24) is 36.7 Å². The fraction of sp³-hybridized carbons (Fsp3) is 0.480. The molecule has 77 heavy (non-hydrogen) atoms. The Labute approximate surface area is 436 Å². The minimum atomic E-state index is -5.24. The number of methoxy groups -OCH3 is 2. The van der Waals surface area contributed by atoms with E-state index in [1.165, 1.54) is 24.3 Å². The minimum absolute atomic E-state index is 0.00547. The zero-order chi connectivity index (χ0) is 57.8. The van der Waals surface area contributed by atoms with E-state index in [4.69, 9.17) is 10.1 Å². The Hall–Kier alpha value is -7.18. The number of aromatic nitrogens is 1. The molecular formula is C50H59F10N9O8. The van der Waals surface area contributed by atoms with Gasteiger partial charge in [0.15, 0.2) is 0 Å². The van der Waals surface area contributed by atoms with Crippen molar-refractivity contribution < 1.29 is 82.4 Å².